The molecule has 1 spiro atoms. The first-order valence-corrected chi connectivity index (χ1v) is 11.0. The molecule has 3 aliphatic rings. The van der Waals surface area contributed by atoms with Crippen molar-refractivity contribution in [1.82, 2.24) is 14.7 Å². The molecule has 9 heteroatoms. The number of ether oxygens (including phenoxy) is 1. The van der Waals surface area contributed by atoms with Crippen LogP contribution >= 0.6 is 11.6 Å². The molecule has 3 heterocycles. The van der Waals surface area contributed by atoms with Crippen molar-refractivity contribution >= 4 is 29.0 Å². The Labute approximate surface area is 185 Å². The maximum atomic E-state index is 12.0. The molecule has 3 atom stereocenters. The van der Waals surface area contributed by atoms with Crippen molar-refractivity contribution in [3.05, 3.63) is 41.0 Å². The number of anilines is 2. The lowest BCUT2D eigenvalue weighted by Crippen LogP contribution is -2.73. The molecule has 1 amide bonds. The summed E-state index contributed by atoms with van der Waals surface area (Å²) in [5.74, 6) is -0.347. The summed E-state index contributed by atoms with van der Waals surface area (Å²) in [4.78, 5) is 14.6. The van der Waals surface area contributed by atoms with Crippen LogP contribution in [0.25, 0.3) is 0 Å². The second-order valence-electron chi connectivity index (χ2n) is 8.80. The number of primary amides is 1. The van der Waals surface area contributed by atoms with Gasteiger partial charge in [-0.3, -0.25) is 14.4 Å². The molecule has 1 saturated carbocycles. The molecule has 0 radical (unpaired) electrons. The number of nitriles is 1. The molecule has 1 aromatic carbocycles. The van der Waals surface area contributed by atoms with Gasteiger partial charge in [0.05, 0.1) is 36.8 Å². The van der Waals surface area contributed by atoms with Gasteiger partial charge in [0.1, 0.15) is 5.56 Å². The molecular weight excluding hydrogens is 416 g/mol. The van der Waals surface area contributed by atoms with Crippen LogP contribution in [-0.4, -0.2) is 51.9 Å². The van der Waals surface area contributed by atoms with Crippen molar-refractivity contribution in [2.45, 2.75) is 43.3 Å². The van der Waals surface area contributed by atoms with Gasteiger partial charge in [-0.25, -0.2) is 0 Å². The molecule has 31 heavy (non-hydrogen) atoms. The summed E-state index contributed by atoms with van der Waals surface area (Å²) in [6.45, 7) is 2.70. The number of amides is 1. The van der Waals surface area contributed by atoms with Gasteiger partial charge in [-0.1, -0.05) is 11.6 Å². The number of carbonyl (C=O) groups excluding carboxylic acids is 1. The van der Waals surface area contributed by atoms with E-state index in [1.807, 2.05) is 12.1 Å². The van der Waals surface area contributed by atoms with E-state index >= 15 is 0 Å². The van der Waals surface area contributed by atoms with Crippen LogP contribution < -0.4 is 11.1 Å². The van der Waals surface area contributed by atoms with Crippen LogP contribution in [0.3, 0.4) is 0 Å². The van der Waals surface area contributed by atoms with Gasteiger partial charge >= 0.3 is 0 Å². The molecular formula is C22H25ClN6O2. The Morgan fingerprint density at radius 3 is 2.68 bits per heavy atom. The molecule has 3 unspecified atom stereocenters. The fourth-order valence-corrected chi connectivity index (χ4v) is 5.28. The molecule has 3 fully saturated rings. The number of nitrogens with one attached hydrogen (secondary N) is 1. The third kappa shape index (κ3) is 3.57. The highest BCUT2D eigenvalue weighted by molar-refractivity contribution is 6.30. The minimum absolute atomic E-state index is 0.0880. The largest absolute Gasteiger partial charge is 0.377 e. The van der Waals surface area contributed by atoms with E-state index in [9.17, 15) is 10.1 Å². The van der Waals surface area contributed by atoms with E-state index in [4.69, 9.17) is 22.1 Å². The van der Waals surface area contributed by atoms with E-state index in [2.05, 4.69) is 21.4 Å². The zero-order valence-corrected chi connectivity index (χ0v) is 17.9. The van der Waals surface area contributed by atoms with E-state index in [1.54, 1.807) is 23.0 Å². The summed E-state index contributed by atoms with van der Waals surface area (Å²) in [5.41, 5.74) is 6.89. The first-order valence-electron chi connectivity index (χ1n) is 10.6. The number of nitrogens with two attached hydrogens (primary N) is 1. The van der Waals surface area contributed by atoms with Gasteiger partial charge in [-0.05, 0) is 49.9 Å². The topological polar surface area (TPSA) is 109 Å². The summed E-state index contributed by atoms with van der Waals surface area (Å²) in [6, 6.07) is 9.94. The number of hydrogen-bond donors (Lipinski definition) is 2. The van der Waals surface area contributed by atoms with Gasteiger partial charge in [0.2, 0.25) is 0 Å². The smallest absolute Gasteiger partial charge is 0.254 e. The summed E-state index contributed by atoms with van der Waals surface area (Å²) in [6.07, 6.45) is 5.48. The van der Waals surface area contributed by atoms with Crippen LogP contribution in [0, 0.1) is 17.2 Å². The first kappa shape index (κ1) is 20.3. The van der Waals surface area contributed by atoms with E-state index < -0.39 is 5.91 Å². The predicted molar refractivity (Wildman–Crippen MR) is 116 cm³/mol. The van der Waals surface area contributed by atoms with E-state index in [-0.39, 0.29) is 17.5 Å². The van der Waals surface area contributed by atoms with Gasteiger partial charge in [0.25, 0.3) is 5.91 Å². The van der Waals surface area contributed by atoms with Crippen molar-refractivity contribution in [3.8, 4) is 6.07 Å². The first-order chi connectivity index (χ1) is 15.0. The summed E-state index contributed by atoms with van der Waals surface area (Å²) in [5, 5.41) is 18.3. The predicted octanol–water partition coefficient (Wildman–Crippen LogP) is 3.09. The van der Waals surface area contributed by atoms with Crippen molar-refractivity contribution in [1.29, 1.82) is 5.26 Å². The van der Waals surface area contributed by atoms with Crippen LogP contribution in [0.2, 0.25) is 5.02 Å². The Morgan fingerprint density at radius 2 is 2.10 bits per heavy atom. The van der Waals surface area contributed by atoms with Crippen molar-refractivity contribution in [2.75, 3.05) is 25.1 Å². The fraction of sp³-hybridized carbons (Fsp3) is 0.500. The van der Waals surface area contributed by atoms with Gasteiger partial charge < -0.3 is 15.8 Å². The molecule has 5 rings (SSSR count). The van der Waals surface area contributed by atoms with E-state index in [0.717, 1.165) is 44.7 Å². The van der Waals surface area contributed by atoms with Crippen molar-refractivity contribution in [3.63, 3.8) is 0 Å². The molecule has 1 aliphatic carbocycles. The highest BCUT2D eigenvalue weighted by Crippen LogP contribution is 2.45. The number of likely N-dealkylation sites (tertiary alicyclic amines) is 1. The minimum Gasteiger partial charge on any atom is -0.377 e. The maximum absolute atomic E-state index is 12.0. The molecule has 8 nitrogen and oxygen atoms in total. The highest BCUT2D eigenvalue weighted by atomic mass is 35.5. The number of benzene rings is 1. The number of rotatable bonds is 5. The SMILES string of the molecule is N#CC1CC(N2CCC23COC3)CCC1n1cc(C(N)=O)c(Nc2ccc(Cl)cc2)n1. The van der Waals surface area contributed by atoms with Gasteiger partial charge in [0, 0.05) is 29.5 Å². The average Bonchev–Trinajstić information content (AvgIpc) is 3.11. The lowest BCUT2D eigenvalue weighted by Gasteiger charge is -2.61. The molecule has 2 saturated heterocycles. The van der Waals surface area contributed by atoms with Crippen LogP contribution in [0.5, 0.6) is 0 Å². The minimum atomic E-state index is -0.558. The van der Waals surface area contributed by atoms with Gasteiger partial charge in [0.15, 0.2) is 5.82 Å². The summed E-state index contributed by atoms with van der Waals surface area (Å²) in [7, 11) is 0. The quantitative estimate of drug-likeness (QED) is 0.739. The Balaban J connectivity index is 1.35. The Morgan fingerprint density at radius 1 is 1.32 bits per heavy atom. The Kier molecular flexibility index (Phi) is 5.13. The van der Waals surface area contributed by atoms with Crippen LogP contribution in [0.4, 0.5) is 11.5 Å². The van der Waals surface area contributed by atoms with E-state index in [0.29, 0.717) is 22.4 Å². The summed E-state index contributed by atoms with van der Waals surface area (Å²) < 4.78 is 7.21. The van der Waals surface area contributed by atoms with Crippen LogP contribution in [0.1, 0.15) is 42.1 Å². The third-order valence-corrected chi connectivity index (χ3v) is 7.26. The third-order valence-electron chi connectivity index (χ3n) is 7.01. The van der Waals surface area contributed by atoms with Crippen molar-refractivity contribution < 1.29 is 9.53 Å². The van der Waals surface area contributed by atoms with Crippen molar-refractivity contribution in [2.24, 2.45) is 11.7 Å². The zero-order valence-electron chi connectivity index (χ0n) is 17.1. The Hall–Kier alpha value is -2.60. The number of halogens is 1. The zero-order chi connectivity index (χ0) is 21.6. The molecule has 0 bridgehead atoms. The normalized spacial score (nSPS) is 27.2. The molecule has 2 aromatic rings. The monoisotopic (exact) mass is 440 g/mol. The van der Waals surface area contributed by atoms with Gasteiger partial charge in [-0.15, -0.1) is 0 Å². The fourth-order valence-electron chi connectivity index (χ4n) is 5.15. The molecule has 2 aliphatic heterocycles. The summed E-state index contributed by atoms with van der Waals surface area (Å²) >= 11 is 5.95. The molecule has 162 valence electrons. The number of hydrogen-bond acceptors (Lipinski definition) is 6. The van der Waals surface area contributed by atoms with Gasteiger partial charge in [-0.2, -0.15) is 10.4 Å². The van der Waals surface area contributed by atoms with E-state index in [1.165, 1.54) is 6.42 Å². The average molecular weight is 441 g/mol. The Bertz CT molecular complexity index is 1020. The van der Waals surface area contributed by atoms with Crippen LogP contribution in [0.15, 0.2) is 30.5 Å². The molecule has 1 aromatic heterocycles. The highest BCUT2D eigenvalue weighted by Gasteiger charge is 2.54. The lowest BCUT2D eigenvalue weighted by atomic mass is 9.75. The second kappa shape index (κ2) is 7.83. The molecule has 3 N–H and O–H groups in total. The standard InChI is InChI=1S/C22H25ClN6O2/c23-15-1-3-16(4-2-15)26-21-18(20(25)30)11-29(27-21)19-6-5-17(9-14(19)10-24)28-8-7-22(28)12-31-13-22/h1-4,11,14,17,19H,5-9,12-13H2,(H2,25,30)(H,26,27). The number of aromatic nitrogens is 2. The maximum Gasteiger partial charge on any atom is 0.254 e. The lowest BCUT2D eigenvalue weighted by molar-refractivity contribution is -0.211. The second-order valence-corrected chi connectivity index (χ2v) is 9.23. The number of nitrogens with zero attached hydrogens (tertiary/aromatic N) is 4. The number of carbonyl (C=O) groups is 1. The van der Waals surface area contributed by atoms with Crippen LogP contribution in [-0.2, 0) is 4.74 Å².